The van der Waals surface area contributed by atoms with Gasteiger partial charge in [0.25, 0.3) is 0 Å². The molecule has 8 aromatic carbocycles. The van der Waals surface area contributed by atoms with E-state index < -0.39 is 0 Å². The Hall–Kier alpha value is -6.03. The van der Waals surface area contributed by atoms with Gasteiger partial charge in [-0.15, -0.1) is 11.3 Å². The van der Waals surface area contributed by atoms with E-state index in [0.717, 1.165) is 28.1 Å². The maximum atomic E-state index is 5.36. The largest absolute Gasteiger partial charge is 0.291 e. The van der Waals surface area contributed by atoms with E-state index in [0.29, 0.717) is 0 Å². The van der Waals surface area contributed by atoms with Crippen LogP contribution in [-0.4, -0.2) is 9.55 Å². The van der Waals surface area contributed by atoms with Crippen LogP contribution in [0.4, 0.5) is 0 Å². The highest BCUT2D eigenvalue weighted by molar-refractivity contribution is 7.25. The van der Waals surface area contributed by atoms with Crippen molar-refractivity contribution in [3.8, 4) is 39.3 Å². The number of hydrogen-bond acceptors (Lipinski definition) is 2. The van der Waals surface area contributed by atoms with Crippen molar-refractivity contribution in [2.75, 3.05) is 0 Å². The van der Waals surface area contributed by atoms with Crippen molar-refractivity contribution >= 4 is 64.1 Å². The quantitative estimate of drug-likeness (QED) is 0.177. The molecule has 0 aliphatic carbocycles. The second-order valence-corrected chi connectivity index (χ2v) is 13.4. The molecule has 10 rings (SSSR count). The van der Waals surface area contributed by atoms with E-state index in [1.165, 1.54) is 64.0 Å². The van der Waals surface area contributed by atoms with Gasteiger partial charge in [-0.1, -0.05) is 127 Å². The van der Waals surface area contributed by atoms with E-state index in [9.17, 15) is 0 Å². The standard InChI is InChI=1S/C45H28N2S/c1-3-12-29(13-4-1)35-18-11-19-36(30-14-5-2-6-15-30)44(35)47-41-21-10-9-20-40(41)46-45(47)33-24-25-42-38(26-33)39-28-37-32(27-43(39)48-42)23-22-31-16-7-8-17-34(31)37/h1-28H. The molecule has 2 aromatic heterocycles. The fourth-order valence-electron chi connectivity index (χ4n) is 7.35. The van der Waals surface area contributed by atoms with Gasteiger partial charge < -0.3 is 0 Å². The SMILES string of the molecule is c1ccc(-c2cccc(-c3ccccc3)c2-n2c(-c3ccc4sc5cc6ccc7ccccc7c6cc5c4c3)nc3ccccc32)cc1. The fourth-order valence-corrected chi connectivity index (χ4v) is 8.46. The highest BCUT2D eigenvalue weighted by Gasteiger charge is 2.22. The zero-order valence-electron chi connectivity index (χ0n) is 26.0. The predicted octanol–water partition coefficient (Wildman–Crippen LogP) is 12.7. The molecule has 48 heavy (non-hydrogen) atoms. The fraction of sp³-hybridized carbons (Fsp3) is 0. The number of thiophene rings is 1. The van der Waals surface area contributed by atoms with Crippen LogP contribution in [-0.2, 0) is 0 Å². The van der Waals surface area contributed by atoms with Crippen molar-refractivity contribution < 1.29 is 0 Å². The van der Waals surface area contributed by atoms with Crippen molar-refractivity contribution in [2.24, 2.45) is 0 Å². The summed E-state index contributed by atoms with van der Waals surface area (Å²) in [5, 5.41) is 7.69. The summed E-state index contributed by atoms with van der Waals surface area (Å²) in [6.45, 7) is 0. The molecule has 0 N–H and O–H groups in total. The lowest BCUT2D eigenvalue weighted by Crippen LogP contribution is -2.03. The Morgan fingerprint density at radius 1 is 0.417 bits per heavy atom. The van der Waals surface area contributed by atoms with Gasteiger partial charge in [-0.25, -0.2) is 4.98 Å². The molecule has 0 saturated carbocycles. The predicted molar refractivity (Wildman–Crippen MR) is 205 cm³/mol. The zero-order chi connectivity index (χ0) is 31.6. The van der Waals surface area contributed by atoms with Gasteiger partial charge in [-0.3, -0.25) is 4.57 Å². The summed E-state index contributed by atoms with van der Waals surface area (Å²) in [5.41, 5.74) is 8.97. The lowest BCUT2D eigenvalue weighted by atomic mass is 9.95. The third-order valence-corrected chi connectivity index (χ3v) is 10.7. The summed E-state index contributed by atoms with van der Waals surface area (Å²) in [4.78, 5) is 5.36. The molecule has 0 aliphatic heterocycles. The van der Waals surface area contributed by atoms with Crippen molar-refractivity contribution in [2.45, 2.75) is 0 Å². The topological polar surface area (TPSA) is 17.8 Å². The van der Waals surface area contributed by atoms with Crippen molar-refractivity contribution in [3.05, 3.63) is 170 Å². The first kappa shape index (κ1) is 27.1. The molecular formula is C45H28N2S. The first-order chi connectivity index (χ1) is 23.8. The van der Waals surface area contributed by atoms with Gasteiger partial charge in [0.15, 0.2) is 0 Å². The van der Waals surface area contributed by atoms with Crippen LogP contribution in [0.2, 0.25) is 0 Å². The van der Waals surface area contributed by atoms with Gasteiger partial charge in [0.2, 0.25) is 0 Å². The minimum Gasteiger partial charge on any atom is -0.291 e. The number of rotatable bonds is 4. The van der Waals surface area contributed by atoms with Gasteiger partial charge in [0.05, 0.1) is 16.7 Å². The minimum atomic E-state index is 0.934. The Kier molecular flexibility index (Phi) is 6.08. The number of nitrogens with zero attached hydrogens (tertiary/aromatic N) is 2. The number of aromatic nitrogens is 2. The van der Waals surface area contributed by atoms with Gasteiger partial charge in [0.1, 0.15) is 5.82 Å². The molecule has 224 valence electrons. The van der Waals surface area contributed by atoms with E-state index in [-0.39, 0.29) is 0 Å². The molecule has 2 nitrogen and oxygen atoms in total. The Morgan fingerprint density at radius 2 is 1.08 bits per heavy atom. The molecule has 0 fully saturated rings. The first-order valence-corrected chi connectivity index (χ1v) is 17.1. The molecule has 0 bridgehead atoms. The maximum absolute atomic E-state index is 5.36. The number of fused-ring (bicyclic) bond motifs is 7. The zero-order valence-corrected chi connectivity index (χ0v) is 26.8. The molecule has 0 atom stereocenters. The summed E-state index contributed by atoms with van der Waals surface area (Å²) < 4.78 is 4.98. The van der Waals surface area contributed by atoms with E-state index in [2.05, 4.69) is 174 Å². The average molecular weight is 629 g/mol. The number of hydrogen-bond donors (Lipinski definition) is 0. The first-order valence-electron chi connectivity index (χ1n) is 16.3. The molecule has 0 radical (unpaired) electrons. The normalized spacial score (nSPS) is 11.8. The molecule has 2 heterocycles. The van der Waals surface area contributed by atoms with Crippen LogP contribution in [0, 0.1) is 0 Å². The number of imidazole rings is 1. The van der Waals surface area contributed by atoms with Gasteiger partial charge in [-0.05, 0) is 75.1 Å². The molecule has 0 amide bonds. The minimum absolute atomic E-state index is 0.934. The number of benzene rings is 8. The summed E-state index contributed by atoms with van der Waals surface area (Å²) in [7, 11) is 0. The molecule has 10 aromatic rings. The third kappa shape index (κ3) is 4.22. The van der Waals surface area contributed by atoms with Crippen LogP contribution < -0.4 is 0 Å². The van der Waals surface area contributed by atoms with Crippen molar-refractivity contribution in [3.63, 3.8) is 0 Å². The average Bonchev–Trinajstić information content (AvgIpc) is 3.72. The molecule has 0 unspecified atom stereocenters. The Labute approximate surface area is 281 Å². The van der Waals surface area contributed by atoms with Crippen LogP contribution in [0.25, 0.3) is 92.1 Å². The maximum Gasteiger partial charge on any atom is 0.145 e. The van der Waals surface area contributed by atoms with E-state index >= 15 is 0 Å². The lowest BCUT2D eigenvalue weighted by Gasteiger charge is -2.19. The van der Waals surface area contributed by atoms with E-state index in [1.54, 1.807) is 0 Å². The molecule has 0 spiro atoms. The molecule has 3 heteroatoms. The summed E-state index contributed by atoms with van der Waals surface area (Å²) >= 11 is 1.86. The smallest absolute Gasteiger partial charge is 0.145 e. The second kappa shape index (κ2) is 10.8. The summed E-state index contributed by atoms with van der Waals surface area (Å²) in [5.74, 6) is 0.934. The molecule has 0 aliphatic rings. The van der Waals surface area contributed by atoms with Crippen LogP contribution in [0.1, 0.15) is 0 Å². The van der Waals surface area contributed by atoms with Gasteiger partial charge in [-0.2, -0.15) is 0 Å². The van der Waals surface area contributed by atoms with Gasteiger partial charge >= 0.3 is 0 Å². The lowest BCUT2D eigenvalue weighted by molar-refractivity contribution is 1.11. The van der Waals surface area contributed by atoms with Crippen LogP contribution >= 0.6 is 11.3 Å². The highest BCUT2D eigenvalue weighted by atomic mass is 32.1. The third-order valence-electron chi connectivity index (χ3n) is 9.58. The van der Waals surface area contributed by atoms with Crippen molar-refractivity contribution in [1.82, 2.24) is 9.55 Å². The monoisotopic (exact) mass is 628 g/mol. The highest BCUT2D eigenvalue weighted by Crippen LogP contribution is 2.43. The second-order valence-electron chi connectivity index (χ2n) is 12.4. The van der Waals surface area contributed by atoms with Crippen molar-refractivity contribution in [1.29, 1.82) is 0 Å². The summed E-state index contributed by atoms with van der Waals surface area (Å²) in [6, 6.07) is 61.4. The number of para-hydroxylation sites is 3. The van der Waals surface area contributed by atoms with Crippen LogP contribution in [0.15, 0.2) is 170 Å². The van der Waals surface area contributed by atoms with Crippen LogP contribution in [0.3, 0.4) is 0 Å². The van der Waals surface area contributed by atoms with Gasteiger partial charge in [0, 0.05) is 36.9 Å². The summed E-state index contributed by atoms with van der Waals surface area (Å²) in [6.07, 6.45) is 0. The van der Waals surface area contributed by atoms with Crippen LogP contribution in [0.5, 0.6) is 0 Å². The van der Waals surface area contributed by atoms with E-state index in [4.69, 9.17) is 4.98 Å². The molecule has 0 saturated heterocycles. The Morgan fingerprint density at radius 3 is 1.88 bits per heavy atom. The van der Waals surface area contributed by atoms with E-state index in [1.807, 2.05) is 11.3 Å². The Bertz CT molecular complexity index is 2770. The molecular weight excluding hydrogens is 601 g/mol. The Balaban J connectivity index is 1.27.